The van der Waals surface area contributed by atoms with Gasteiger partial charge in [0, 0.05) is 13.1 Å². The second-order valence-electron chi connectivity index (χ2n) is 7.31. The smallest absolute Gasteiger partial charge is 0.257 e. The monoisotopic (exact) mass is 421 g/mol. The molecule has 8 heteroatoms. The highest BCUT2D eigenvalue weighted by Gasteiger charge is 2.25. The summed E-state index contributed by atoms with van der Waals surface area (Å²) in [5.74, 6) is 2.16. The van der Waals surface area contributed by atoms with Gasteiger partial charge in [0.2, 0.25) is 5.75 Å². The third kappa shape index (κ3) is 3.82. The third-order valence-electron chi connectivity index (χ3n) is 5.33. The molecule has 160 valence electrons. The maximum Gasteiger partial charge on any atom is 0.257 e. The molecule has 0 unspecified atom stereocenters. The normalized spacial score (nSPS) is 16.4. The third-order valence-corrected chi connectivity index (χ3v) is 5.33. The summed E-state index contributed by atoms with van der Waals surface area (Å²) in [6.45, 7) is 3.07. The lowest BCUT2D eigenvalue weighted by Crippen LogP contribution is -2.41. The van der Waals surface area contributed by atoms with E-state index in [1.165, 1.54) is 0 Å². The van der Waals surface area contributed by atoms with E-state index >= 15 is 0 Å². The number of methoxy groups -OCH3 is 1. The van der Waals surface area contributed by atoms with Crippen molar-refractivity contribution in [3.8, 4) is 17.2 Å². The molecule has 31 heavy (non-hydrogen) atoms. The Morgan fingerprint density at radius 2 is 1.94 bits per heavy atom. The molecule has 1 amide bonds. The number of nitrogens with zero attached hydrogens (tertiary/aromatic N) is 2. The molecule has 8 nitrogen and oxygen atoms in total. The van der Waals surface area contributed by atoms with Gasteiger partial charge in [0.25, 0.3) is 5.91 Å². The Morgan fingerprint density at radius 1 is 1.13 bits per heavy atom. The molecule has 5 rings (SSSR count). The molecule has 0 bridgehead atoms. The molecule has 0 radical (unpaired) electrons. The minimum absolute atomic E-state index is 0.101. The summed E-state index contributed by atoms with van der Waals surface area (Å²) in [4.78, 5) is 23.2. The predicted molar refractivity (Wildman–Crippen MR) is 115 cm³/mol. The van der Waals surface area contributed by atoms with Crippen LogP contribution in [0.2, 0.25) is 0 Å². The topological polar surface area (TPSA) is 85.9 Å². The number of morpholine rings is 1. The van der Waals surface area contributed by atoms with Crippen LogP contribution < -0.4 is 14.2 Å². The van der Waals surface area contributed by atoms with Crippen molar-refractivity contribution in [1.82, 2.24) is 14.9 Å². The van der Waals surface area contributed by atoms with Crippen LogP contribution in [0.3, 0.4) is 0 Å². The van der Waals surface area contributed by atoms with E-state index in [0.29, 0.717) is 68.2 Å². The number of ether oxygens (including phenoxy) is 4. The summed E-state index contributed by atoms with van der Waals surface area (Å²) >= 11 is 0. The zero-order valence-corrected chi connectivity index (χ0v) is 17.2. The lowest BCUT2D eigenvalue weighted by atomic mass is 10.1. The van der Waals surface area contributed by atoms with Gasteiger partial charge in [-0.2, -0.15) is 0 Å². The average Bonchev–Trinajstić information content (AvgIpc) is 3.26. The SMILES string of the molecule is COc1cc(/C=C(/C(=O)N2CCOCC2)c2nc3ccccc3[nH]2)cc2c1OCCO2. The van der Waals surface area contributed by atoms with E-state index in [1.54, 1.807) is 12.0 Å². The van der Waals surface area contributed by atoms with Crippen LogP contribution in [0.25, 0.3) is 22.7 Å². The van der Waals surface area contributed by atoms with E-state index in [9.17, 15) is 4.79 Å². The standard InChI is InChI=1S/C23H23N3O5/c1-28-19-13-15(14-20-21(19)31-11-10-30-20)12-16(23(27)26-6-8-29-9-7-26)22-24-17-4-2-3-5-18(17)25-22/h2-5,12-14H,6-11H2,1H3,(H,24,25)/b16-12+. The molecule has 3 heterocycles. The number of carbonyl (C=O) groups is 1. The van der Waals surface area contributed by atoms with Gasteiger partial charge in [0.15, 0.2) is 11.5 Å². The number of amides is 1. The maximum absolute atomic E-state index is 13.5. The number of rotatable bonds is 4. The lowest BCUT2D eigenvalue weighted by Gasteiger charge is -2.27. The van der Waals surface area contributed by atoms with Gasteiger partial charge in [-0.15, -0.1) is 0 Å². The summed E-state index contributed by atoms with van der Waals surface area (Å²) in [6, 6.07) is 11.4. The molecule has 2 aromatic carbocycles. The van der Waals surface area contributed by atoms with Crippen LogP contribution in [-0.2, 0) is 9.53 Å². The molecule has 1 N–H and O–H groups in total. The summed E-state index contributed by atoms with van der Waals surface area (Å²) in [5, 5.41) is 0. The number of aromatic amines is 1. The van der Waals surface area contributed by atoms with Gasteiger partial charge in [-0.3, -0.25) is 4.79 Å². The number of hydrogen-bond acceptors (Lipinski definition) is 6. The Hall–Kier alpha value is -3.52. The number of aromatic nitrogens is 2. The molecule has 1 saturated heterocycles. The zero-order valence-electron chi connectivity index (χ0n) is 17.2. The molecule has 1 aromatic heterocycles. The first kappa shape index (κ1) is 19.4. The number of imidazole rings is 1. The quantitative estimate of drug-likeness (QED) is 0.652. The number of nitrogens with one attached hydrogen (secondary N) is 1. The van der Waals surface area contributed by atoms with E-state index in [-0.39, 0.29) is 5.91 Å². The maximum atomic E-state index is 13.5. The van der Waals surface area contributed by atoms with Crippen molar-refractivity contribution >= 4 is 28.6 Å². The molecule has 0 saturated carbocycles. The largest absolute Gasteiger partial charge is 0.493 e. The van der Waals surface area contributed by atoms with Crippen LogP contribution in [0.4, 0.5) is 0 Å². The van der Waals surface area contributed by atoms with Crippen molar-refractivity contribution in [3.63, 3.8) is 0 Å². The van der Waals surface area contributed by atoms with Crippen molar-refractivity contribution in [2.75, 3.05) is 46.6 Å². The highest BCUT2D eigenvalue weighted by atomic mass is 16.6. The number of carbonyl (C=O) groups excluding carboxylic acids is 1. The fourth-order valence-corrected chi connectivity index (χ4v) is 3.79. The molecule has 2 aliphatic heterocycles. The van der Waals surface area contributed by atoms with E-state index < -0.39 is 0 Å². The molecule has 0 spiro atoms. The van der Waals surface area contributed by atoms with Gasteiger partial charge in [-0.05, 0) is 35.9 Å². The van der Waals surface area contributed by atoms with Gasteiger partial charge in [-0.1, -0.05) is 12.1 Å². The number of hydrogen-bond donors (Lipinski definition) is 1. The number of fused-ring (bicyclic) bond motifs is 2. The number of H-pyrrole nitrogens is 1. The van der Waals surface area contributed by atoms with Crippen LogP contribution in [0.5, 0.6) is 17.2 Å². The Bertz CT molecular complexity index is 1100. The van der Waals surface area contributed by atoms with Gasteiger partial charge in [0.1, 0.15) is 19.0 Å². The molecule has 0 aliphatic carbocycles. The molecule has 0 atom stereocenters. The molecule has 1 fully saturated rings. The molecular formula is C23H23N3O5. The van der Waals surface area contributed by atoms with Gasteiger partial charge in [0.05, 0.1) is 36.9 Å². The lowest BCUT2D eigenvalue weighted by molar-refractivity contribution is -0.128. The minimum Gasteiger partial charge on any atom is -0.493 e. The first-order chi connectivity index (χ1) is 15.2. The van der Waals surface area contributed by atoms with E-state index in [1.807, 2.05) is 42.5 Å². The molecule has 2 aliphatic rings. The van der Waals surface area contributed by atoms with Crippen molar-refractivity contribution in [2.45, 2.75) is 0 Å². The van der Waals surface area contributed by atoms with Gasteiger partial charge >= 0.3 is 0 Å². The highest BCUT2D eigenvalue weighted by molar-refractivity contribution is 6.23. The first-order valence-corrected chi connectivity index (χ1v) is 10.2. The molecular weight excluding hydrogens is 398 g/mol. The Kier molecular flexibility index (Phi) is 5.21. The van der Waals surface area contributed by atoms with Crippen molar-refractivity contribution < 1.29 is 23.7 Å². The van der Waals surface area contributed by atoms with Crippen molar-refractivity contribution in [3.05, 3.63) is 47.8 Å². The Balaban J connectivity index is 1.61. The second kappa shape index (κ2) is 8.31. The zero-order chi connectivity index (χ0) is 21.2. The van der Waals surface area contributed by atoms with E-state index in [4.69, 9.17) is 18.9 Å². The number of benzene rings is 2. The van der Waals surface area contributed by atoms with Crippen LogP contribution in [0.15, 0.2) is 36.4 Å². The minimum atomic E-state index is -0.101. The van der Waals surface area contributed by atoms with Crippen LogP contribution in [0, 0.1) is 0 Å². The van der Waals surface area contributed by atoms with E-state index in [2.05, 4.69) is 9.97 Å². The average molecular weight is 421 g/mol. The van der Waals surface area contributed by atoms with Crippen molar-refractivity contribution in [2.24, 2.45) is 0 Å². The fourth-order valence-electron chi connectivity index (χ4n) is 3.79. The Labute approximate surface area is 179 Å². The molecule has 3 aromatic rings. The second-order valence-corrected chi connectivity index (χ2v) is 7.31. The fraction of sp³-hybridized carbons (Fsp3) is 0.304. The highest BCUT2D eigenvalue weighted by Crippen LogP contribution is 2.41. The Morgan fingerprint density at radius 3 is 2.74 bits per heavy atom. The first-order valence-electron chi connectivity index (χ1n) is 10.2. The summed E-state index contributed by atoms with van der Waals surface area (Å²) in [6.07, 6.45) is 1.82. The van der Waals surface area contributed by atoms with Crippen LogP contribution >= 0.6 is 0 Å². The summed E-state index contributed by atoms with van der Waals surface area (Å²) < 4.78 is 22.3. The number of para-hydroxylation sites is 2. The van der Waals surface area contributed by atoms with E-state index in [0.717, 1.165) is 16.6 Å². The van der Waals surface area contributed by atoms with Crippen molar-refractivity contribution in [1.29, 1.82) is 0 Å². The predicted octanol–water partition coefficient (Wildman–Crippen LogP) is 2.74. The summed E-state index contributed by atoms with van der Waals surface area (Å²) in [7, 11) is 1.58. The van der Waals surface area contributed by atoms with Crippen LogP contribution in [0.1, 0.15) is 11.4 Å². The van der Waals surface area contributed by atoms with Gasteiger partial charge < -0.3 is 28.8 Å². The van der Waals surface area contributed by atoms with Gasteiger partial charge in [-0.25, -0.2) is 4.98 Å². The summed E-state index contributed by atoms with van der Waals surface area (Å²) in [5.41, 5.74) is 2.91. The van der Waals surface area contributed by atoms with Crippen LogP contribution in [-0.4, -0.2) is 67.4 Å².